The molecule has 0 aliphatic heterocycles. The van der Waals surface area contributed by atoms with E-state index in [-0.39, 0.29) is 12.3 Å². The van der Waals surface area contributed by atoms with Gasteiger partial charge in [-0.25, -0.2) is 0 Å². The predicted molar refractivity (Wildman–Crippen MR) is 91.7 cm³/mol. The molecule has 1 amide bonds. The second kappa shape index (κ2) is 6.92. The molecule has 1 heterocycles. The average molecular weight is 306 g/mol. The Morgan fingerprint density at radius 1 is 1.13 bits per heavy atom. The molecule has 23 heavy (non-hydrogen) atoms. The first-order chi connectivity index (χ1) is 11.2. The molecule has 0 saturated carbocycles. The summed E-state index contributed by atoms with van der Waals surface area (Å²) >= 11 is 0. The molecule has 0 atom stereocenters. The normalized spacial score (nSPS) is 10.5. The largest absolute Gasteiger partial charge is 0.493 e. The highest BCUT2D eigenvalue weighted by Gasteiger charge is 2.07. The topological polar surface area (TPSA) is 51.2 Å². The Hall–Kier alpha value is -2.88. The molecule has 0 aliphatic carbocycles. The number of carbonyl (C=O) groups excluding carboxylic acids is 1. The molecule has 4 heteroatoms. The van der Waals surface area contributed by atoms with Gasteiger partial charge in [-0.1, -0.05) is 30.3 Å². The van der Waals surface area contributed by atoms with Gasteiger partial charge in [-0.3, -0.25) is 9.78 Å². The van der Waals surface area contributed by atoms with E-state index in [1.165, 1.54) is 0 Å². The molecule has 2 aromatic carbocycles. The summed E-state index contributed by atoms with van der Waals surface area (Å²) in [5, 5.41) is 3.90. The fourth-order valence-electron chi connectivity index (χ4n) is 2.38. The van der Waals surface area contributed by atoms with E-state index in [1.807, 2.05) is 61.5 Å². The van der Waals surface area contributed by atoms with Crippen molar-refractivity contribution in [3.8, 4) is 5.75 Å². The zero-order valence-corrected chi connectivity index (χ0v) is 13.0. The Kier molecular flexibility index (Phi) is 4.52. The lowest BCUT2D eigenvalue weighted by Gasteiger charge is -2.09. The van der Waals surface area contributed by atoms with Gasteiger partial charge in [0, 0.05) is 11.6 Å². The van der Waals surface area contributed by atoms with Gasteiger partial charge in [0.05, 0.1) is 24.2 Å². The number of rotatable bonds is 5. The molecule has 3 rings (SSSR count). The summed E-state index contributed by atoms with van der Waals surface area (Å²) in [5.74, 6) is 0.695. The zero-order valence-electron chi connectivity index (χ0n) is 13.0. The van der Waals surface area contributed by atoms with Crippen molar-refractivity contribution in [1.29, 1.82) is 0 Å². The third-order valence-electron chi connectivity index (χ3n) is 3.49. The van der Waals surface area contributed by atoms with Crippen molar-refractivity contribution in [1.82, 2.24) is 4.98 Å². The molecule has 0 aliphatic rings. The molecule has 116 valence electrons. The number of anilines is 1. The SMILES string of the molecule is Cc1cccc(OCCC(=O)Nc2cccc3cccnc23)c1. The minimum atomic E-state index is -0.0872. The maximum atomic E-state index is 12.1. The maximum Gasteiger partial charge on any atom is 0.227 e. The van der Waals surface area contributed by atoms with Gasteiger partial charge < -0.3 is 10.1 Å². The van der Waals surface area contributed by atoms with Crippen LogP contribution in [0.4, 0.5) is 5.69 Å². The van der Waals surface area contributed by atoms with Crippen LogP contribution in [0.15, 0.2) is 60.8 Å². The van der Waals surface area contributed by atoms with E-state index in [2.05, 4.69) is 10.3 Å². The quantitative estimate of drug-likeness (QED) is 0.776. The highest BCUT2D eigenvalue weighted by molar-refractivity contribution is 6.00. The van der Waals surface area contributed by atoms with Gasteiger partial charge in [0.2, 0.25) is 5.91 Å². The third kappa shape index (κ3) is 3.86. The van der Waals surface area contributed by atoms with E-state index in [0.29, 0.717) is 6.61 Å². The minimum Gasteiger partial charge on any atom is -0.493 e. The second-order valence-electron chi connectivity index (χ2n) is 5.34. The van der Waals surface area contributed by atoms with Gasteiger partial charge in [0.1, 0.15) is 5.75 Å². The van der Waals surface area contributed by atoms with E-state index in [0.717, 1.165) is 27.9 Å². The van der Waals surface area contributed by atoms with Crippen LogP contribution in [0.1, 0.15) is 12.0 Å². The summed E-state index contributed by atoms with van der Waals surface area (Å²) in [4.78, 5) is 16.4. The van der Waals surface area contributed by atoms with Crippen LogP contribution in [0, 0.1) is 6.92 Å². The average Bonchev–Trinajstić information content (AvgIpc) is 2.55. The number of amides is 1. The van der Waals surface area contributed by atoms with E-state index >= 15 is 0 Å². The van der Waals surface area contributed by atoms with Crippen LogP contribution < -0.4 is 10.1 Å². The molecule has 1 aromatic heterocycles. The summed E-state index contributed by atoms with van der Waals surface area (Å²) in [6, 6.07) is 17.4. The molecule has 1 N–H and O–H groups in total. The first kappa shape index (κ1) is 15.0. The van der Waals surface area contributed by atoms with Crippen LogP contribution in [-0.2, 0) is 4.79 Å². The highest BCUT2D eigenvalue weighted by Crippen LogP contribution is 2.20. The van der Waals surface area contributed by atoms with Crippen LogP contribution in [0.3, 0.4) is 0 Å². The number of pyridine rings is 1. The number of carbonyl (C=O) groups is 1. The van der Waals surface area contributed by atoms with Gasteiger partial charge >= 0.3 is 0 Å². The molecule has 0 saturated heterocycles. The lowest BCUT2D eigenvalue weighted by atomic mass is 10.2. The van der Waals surface area contributed by atoms with Crippen LogP contribution >= 0.6 is 0 Å². The summed E-state index contributed by atoms with van der Waals surface area (Å²) < 4.78 is 5.61. The number of nitrogens with zero attached hydrogens (tertiary/aromatic N) is 1. The third-order valence-corrected chi connectivity index (χ3v) is 3.49. The van der Waals surface area contributed by atoms with Crippen molar-refractivity contribution in [3.05, 3.63) is 66.4 Å². The highest BCUT2D eigenvalue weighted by atomic mass is 16.5. The van der Waals surface area contributed by atoms with Crippen molar-refractivity contribution < 1.29 is 9.53 Å². The number of ether oxygens (including phenoxy) is 1. The maximum absolute atomic E-state index is 12.1. The minimum absolute atomic E-state index is 0.0872. The zero-order chi connectivity index (χ0) is 16.1. The van der Waals surface area contributed by atoms with Crippen LogP contribution in [0.5, 0.6) is 5.75 Å². The number of para-hydroxylation sites is 1. The number of hydrogen-bond acceptors (Lipinski definition) is 3. The molecular formula is C19H18N2O2. The molecular weight excluding hydrogens is 288 g/mol. The van der Waals surface area contributed by atoms with Crippen molar-refractivity contribution in [2.75, 3.05) is 11.9 Å². The molecule has 0 fully saturated rings. The van der Waals surface area contributed by atoms with E-state index in [4.69, 9.17) is 4.74 Å². The van der Waals surface area contributed by atoms with Crippen molar-refractivity contribution in [2.45, 2.75) is 13.3 Å². The van der Waals surface area contributed by atoms with Crippen molar-refractivity contribution >= 4 is 22.5 Å². The summed E-state index contributed by atoms with van der Waals surface area (Å²) in [5.41, 5.74) is 2.65. The molecule has 0 bridgehead atoms. The number of nitrogens with one attached hydrogen (secondary N) is 1. The second-order valence-corrected chi connectivity index (χ2v) is 5.34. The fourth-order valence-corrected chi connectivity index (χ4v) is 2.38. The Morgan fingerprint density at radius 2 is 1.96 bits per heavy atom. The number of aryl methyl sites for hydroxylation is 1. The fraction of sp³-hybridized carbons (Fsp3) is 0.158. The van der Waals surface area contributed by atoms with E-state index in [9.17, 15) is 4.79 Å². The first-order valence-electron chi connectivity index (χ1n) is 7.55. The Labute approximate surface area is 135 Å². The Morgan fingerprint density at radius 3 is 2.83 bits per heavy atom. The molecule has 3 aromatic rings. The molecule has 0 radical (unpaired) electrons. The van der Waals surface area contributed by atoms with Gasteiger partial charge in [0.25, 0.3) is 0 Å². The van der Waals surface area contributed by atoms with Crippen molar-refractivity contribution in [3.63, 3.8) is 0 Å². The van der Waals surface area contributed by atoms with Crippen LogP contribution in [-0.4, -0.2) is 17.5 Å². The summed E-state index contributed by atoms with van der Waals surface area (Å²) in [6.07, 6.45) is 2.01. The molecule has 4 nitrogen and oxygen atoms in total. The Balaban J connectivity index is 1.59. The number of hydrogen-bond donors (Lipinski definition) is 1. The van der Waals surface area contributed by atoms with E-state index in [1.54, 1.807) is 6.20 Å². The summed E-state index contributed by atoms with van der Waals surface area (Å²) in [7, 11) is 0. The number of aromatic nitrogens is 1. The predicted octanol–water partition coefficient (Wildman–Crippen LogP) is 3.95. The van der Waals surface area contributed by atoms with Crippen LogP contribution in [0.2, 0.25) is 0 Å². The Bertz CT molecular complexity index is 825. The number of fused-ring (bicyclic) bond motifs is 1. The van der Waals surface area contributed by atoms with Gasteiger partial charge in [-0.15, -0.1) is 0 Å². The summed E-state index contributed by atoms with van der Waals surface area (Å²) in [6.45, 7) is 2.35. The standard InChI is InChI=1S/C19H18N2O2/c1-14-5-2-8-16(13-14)23-12-10-18(22)21-17-9-3-6-15-7-4-11-20-19(15)17/h2-9,11,13H,10,12H2,1H3,(H,21,22). The number of benzene rings is 2. The monoisotopic (exact) mass is 306 g/mol. The van der Waals surface area contributed by atoms with Crippen molar-refractivity contribution in [2.24, 2.45) is 0 Å². The van der Waals surface area contributed by atoms with Crippen LogP contribution in [0.25, 0.3) is 10.9 Å². The van der Waals surface area contributed by atoms with Gasteiger partial charge in [0.15, 0.2) is 0 Å². The smallest absolute Gasteiger partial charge is 0.227 e. The van der Waals surface area contributed by atoms with E-state index < -0.39 is 0 Å². The first-order valence-corrected chi connectivity index (χ1v) is 7.55. The lowest BCUT2D eigenvalue weighted by molar-refractivity contribution is -0.116. The molecule has 0 spiro atoms. The molecule has 0 unspecified atom stereocenters. The van der Waals surface area contributed by atoms with Gasteiger partial charge in [-0.2, -0.15) is 0 Å². The van der Waals surface area contributed by atoms with Gasteiger partial charge in [-0.05, 0) is 36.8 Å². The lowest BCUT2D eigenvalue weighted by Crippen LogP contribution is -2.15.